The van der Waals surface area contributed by atoms with E-state index in [1.165, 1.54) is 0 Å². The van der Waals surface area contributed by atoms with Crippen LogP contribution in [0.5, 0.6) is 11.6 Å². The molecule has 2 unspecified atom stereocenters. The fraction of sp³-hybridized carbons (Fsp3) is 0.367. The SMILES string of the molecule is Cc1ccc2c(NC(O)C3C[C@@H]3C)cccc2c1Oc1ncccc1-c1ccnc(N[C@H]2CCCNC2)n1. The summed E-state index contributed by atoms with van der Waals surface area (Å²) >= 11 is 0. The predicted molar refractivity (Wildman–Crippen MR) is 150 cm³/mol. The molecule has 38 heavy (non-hydrogen) atoms. The third kappa shape index (κ3) is 5.14. The smallest absolute Gasteiger partial charge is 0.228 e. The van der Waals surface area contributed by atoms with E-state index in [0.29, 0.717) is 29.7 Å². The first-order valence-electron chi connectivity index (χ1n) is 13.5. The molecule has 3 heterocycles. The number of anilines is 2. The van der Waals surface area contributed by atoms with E-state index in [4.69, 9.17) is 9.72 Å². The molecule has 2 aromatic carbocycles. The number of hydrogen-bond acceptors (Lipinski definition) is 8. The van der Waals surface area contributed by atoms with Crippen LogP contribution in [0.25, 0.3) is 22.0 Å². The molecule has 0 spiro atoms. The van der Waals surface area contributed by atoms with E-state index in [1.807, 2.05) is 49.4 Å². The van der Waals surface area contributed by atoms with Crippen LogP contribution in [0.15, 0.2) is 60.9 Å². The van der Waals surface area contributed by atoms with Crippen molar-refractivity contribution < 1.29 is 9.84 Å². The molecule has 0 bridgehead atoms. The van der Waals surface area contributed by atoms with Crippen LogP contribution in [0.1, 0.15) is 31.7 Å². The highest BCUT2D eigenvalue weighted by atomic mass is 16.5. The van der Waals surface area contributed by atoms with Crippen molar-refractivity contribution in [3.63, 3.8) is 0 Å². The molecule has 8 nitrogen and oxygen atoms in total. The zero-order valence-electron chi connectivity index (χ0n) is 21.8. The zero-order valence-corrected chi connectivity index (χ0v) is 21.8. The highest BCUT2D eigenvalue weighted by molar-refractivity contribution is 5.98. The third-order valence-corrected chi connectivity index (χ3v) is 7.62. The molecule has 4 aromatic rings. The van der Waals surface area contributed by atoms with Crippen LogP contribution in [0.2, 0.25) is 0 Å². The Labute approximate surface area is 222 Å². The van der Waals surface area contributed by atoms with E-state index in [1.54, 1.807) is 12.4 Å². The summed E-state index contributed by atoms with van der Waals surface area (Å²) in [4.78, 5) is 13.8. The Balaban J connectivity index is 1.31. The Morgan fingerprint density at radius 3 is 2.76 bits per heavy atom. The minimum atomic E-state index is -0.561. The average molecular weight is 511 g/mol. The Morgan fingerprint density at radius 2 is 1.95 bits per heavy atom. The molecule has 196 valence electrons. The van der Waals surface area contributed by atoms with Crippen molar-refractivity contribution in [1.82, 2.24) is 20.3 Å². The maximum Gasteiger partial charge on any atom is 0.228 e. The molecule has 0 radical (unpaired) electrons. The Kier molecular flexibility index (Phi) is 6.82. The Morgan fingerprint density at radius 1 is 1.05 bits per heavy atom. The molecule has 1 saturated carbocycles. The van der Waals surface area contributed by atoms with Gasteiger partial charge in [-0.3, -0.25) is 0 Å². The summed E-state index contributed by atoms with van der Waals surface area (Å²) in [5.74, 6) is 2.67. The molecule has 2 aromatic heterocycles. The molecule has 2 aliphatic rings. The van der Waals surface area contributed by atoms with Crippen molar-refractivity contribution in [2.24, 2.45) is 11.8 Å². The maximum absolute atomic E-state index is 10.6. The number of ether oxygens (including phenoxy) is 1. The molecule has 1 aliphatic heterocycles. The van der Waals surface area contributed by atoms with Crippen LogP contribution in [-0.2, 0) is 0 Å². The summed E-state index contributed by atoms with van der Waals surface area (Å²) < 4.78 is 6.54. The first kappa shape index (κ1) is 24.6. The summed E-state index contributed by atoms with van der Waals surface area (Å²) in [7, 11) is 0. The molecule has 1 aliphatic carbocycles. The zero-order chi connectivity index (χ0) is 26.1. The maximum atomic E-state index is 10.6. The number of aryl methyl sites for hydroxylation is 1. The summed E-state index contributed by atoms with van der Waals surface area (Å²) in [5, 5.41) is 22.8. The van der Waals surface area contributed by atoms with Gasteiger partial charge in [0, 0.05) is 47.4 Å². The molecule has 8 heteroatoms. The number of aliphatic hydroxyl groups excluding tert-OH is 1. The topological polar surface area (TPSA) is 104 Å². The van der Waals surface area contributed by atoms with Gasteiger partial charge in [-0.15, -0.1) is 0 Å². The van der Waals surface area contributed by atoms with Gasteiger partial charge in [0.2, 0.25) is 11.8 Å². The first-order chi connectivity index (χ1) is 18.6. The Bertz CT molecular complexity index is 1440. The summed E-state index contributed by atoms with van der Waals surface area (Å²) in [6.07, 6.45) is 6.22. The number of benzene rings is 2. The highest BCUT2D eigenvalue weighted by Gasteiger charge is 2.38. The number of fused-ring (bicyclic) bond motifs is 1. The van der Waals surface area contributed by atoms with Crippen molar-refractivity contribution in [2.45, 2.75) is 45.4 Å². The lowest BCUT2D eigenvalue weighted by Crippen LogP contribution is -2.38. The number of aromatic nitrogens is 3. The average Bonchev–Trinajstić information content (AvgIpc) is 3.68. The highest BCUT2D eigenvalue weighted by Crippen LogP contribution is 2.42. The van der Waals surface area contributed by atoms with Crippen LogP contribution in [0.4, 0.5) is 11.6 Å². The summed E-state index contributed by atoms with van der Waals surface area (Å²) in [6.45, 7) is 6.16. The van der Waals surface area contributed by atoms with E-state index in [2.05, 4.69) is 38.9 Å². The predicted octanol–water partition coefficient (Wildman–Crippen LogP) is 5.34. The van der Waals surface area contributed by atoms with Gasteiger partial charge >= 0.3 is 0 Å². The van der Waals surface area contributed by atoms with Crippen molar-refractivity contribution in [3.8, 4) is 22.9 Å². The van der Waals surface area contributed by atoms with Crippen LogP contribution in [0.3, 0.4) is 0 Å². The van der Waals surface area contributed by atoms with E-state index in [9.17, 15) is 5.11 Å². The number of hydrogen-bond donors (Lipinski definition) is 4. The minimum absolute atomic E-state index is 0.295. The third-order valence-electron chi connectivity index (χ3n) is 7.62. The van der Waals surface area contributed by atoms with Crippen molar-refractivity contribution in [1.29, 1.82) is 0 Å². The van der Waals surface area contributed by atoms with Crippen LogP contribution in [0, 0.1) is 18.8 Å². The molecule has 0 amide bonds. The number of nitrogens with zero attached hydrogens (tertiary/aromatic N) is 3. The number of nitrogens with one attached hydrogen (secondary N) is 3. The van der Waals surface area contributed by atoms with Gasteiger partial charge in [-0.2, -0.15) is 0 Å². The number of aliphatic hydroxyl groups is 1. The molecule has 4 atom stereocenters. The minimum Gasteiger partial charge on any atom is -0.437 e. The van der Waals surface area contributed by atoms with Crippen molar-refractivity contribution >= 4 is 22.4 Å². The van der Waals surface area contributed by atoms with Crippen LogP contribution >= 0.6 is 0 Å². The normalized spacial score (nSPS) is 21.6. The van der Waals surface area contributed by atoms with Crippen LogP contribution < -0.4 is 20.7 Å². The quantitative estimate of drug-likeness (QED) is 0.236. The Hall–Kier alpha value is -3.75. The standard InChI is InChI=1S/C30H34N6O2/c1-18-10-11-21-22(7-3-9-25(21)35-28(37)24-16-19(24)2)27(18)38-29-23(8-5-14-32-29)26-12-15-33-30(36-26)34-20-6-4-13-31-17-20/h3,5,7-12,14-15,19-20,24,28,31,35,37H,4,6,13,16-17H2,1-2H3,(H,33,34,36)/t19-,20-,24?,28?/m0/s1. The fourth-order valence-electron chi connectivity index (χ4n) is 5.26. The van der Waals surface area contributed by atoms with Gasteiger partial charge in [0.15, 0.2) is 0 Å². The molecule has 1 saturated heterocycles. The second-order valence-corrected chi connectivity index (χ2v) is 10.5. The fourth-order valence-corrected chi connectivity index (χ4v) is 5.26. The van der Waals surface area contributed by atoms with Gasteiger partial charge in [-0.25, -0.2) is 15.0 Å². The molecule has 4 N–H and O–H groups in total. The molecular weight excluding hydrogens is 476 g/mol. The summed E-state index contributed by atoms with van der Waals surface area (Å²) in [5.41, 5.74) is 3.43. The lowest BCUT2D eigenvalue weighted by atomic mass is 10.0. The number of piperidine rings is 1. The van der Waals surface area contributed by atoms with Crippen molar-refractivity contribution in [2.75, 3.05) is 23.7 Å². The van der Waals surface area contributed by atoms with Crippen molar-refractivity contribution in [3.05, 3.63) is 66.5 Å². The number of rotatable bonds is 8. The lowest BCUT2D eigenvalue weighted by molar-refractivity contribution is 0.174. The van der Waals surface area contributed by atoms with Gasteiger partial charge < -0.3 is 25.8 Å². The molecular formula is C30H34N6O2. The van der Waals surface area contributed by atoms with Gasteiger partial charge in [-0.1, -0.05) is 31.2 Å². The molecule has 6 rings (SSSR count). The lowest BCUT2D eigenvalue weighted by Gasteiger charge is -2.23. The van der Waals surface area contributed by atoms with E-state index in [-0.39, 0.29) is 0 Å². The van der Waals surface area contributed by atoms with Gasteiger partial charge in [0.05, 0.1) is 11.3 Å². The second kappa shape index (κ2) is 10.6. The van der Waals surface area contributed by atoms with E-state index in [0.717, 1.165) is 71.4 Å². The number of pyridine rings is 1. The van der Waals surface area contributed by atoms with E-state index >= 15 is 0 Å². The molecule has 2 fully saturated rings. The second-order valence-electron chi connectivity index (χ2n) is 10.5. The van der Waals surface area contributed by atoms with Gasteiger partial charge in [-0.05, 0) is 68.5 Å². The van der Waals surface area contributed by atoms with Gasteiger partial charge in [0.25, 0.3) is 0 Å². The van der Waals surface area contributed by atoms with Crippen LogP contribution in [-0.4, -0.2) is 45.4 Å². The van der Waals surface area contributed by atoms with E-state index < -0.39 is 6.23 Å². The summed E-state index contributed by atoms with van der Waals surface area (Å²) in [6, 6.07) is 16.2. The largest absolute Gasteiger partial charge is 0.437 e. The van der Waals surface area contributed by atoms with Gasteiger partial charge in [0.1, 0.15) is 12.0 Å². The first-order valence-corrected chi connectivity index (χ1v) is 13.5. The monoisotopic (exact) mass is 510 g/mol.